The maximum atomic E-state index is 13.7. The first-order valence-electron chi connectivity index (χ1n) is 7.68. The number of rotatable bonds is 3. The van der Waals surface area contributed by atoms with Gasteiger partial charge in [-0.2, -0.15) is 5.26 Å². The molecular weight excluding hydrogens is 323 g/mol. The van der Waals surface area contributed by atoms with Gasteiger partial charge in [0.05, 0.1) is 17.6 Å². The quantitative estimate of drug-likeness (QED) is 0.930. The summed E-state index contributed by atoms with van der Waals surface area (Å²) in [5, 5.41) is 11.7. The van der Waals surface area contributed by atoms with Crippen LogP contribution in [-0.4, -0.2) is 28.7 Å². The van der Waals surface area contributed by atoms with Gasteiger partial charge in [-0.3, -0.25) is 14.6 Å². The van der Waals surface area contributed by atoms with Gasteiger partial charge in [-0.05, 0) is 23.8 Å². The minimum atomic E-state index is -0.705. The molecule has 25 heavy (non-hydrogen) atoms. The summed E-state index contributed by atoms with van der Waals surface area (Å²) < 4.78 is 13.7. The molecule has 1 fully saturated rings. The smallest absolute Gasteiger partial charge is 0.230 e. The van der Waals surface area contributed by atoms with Crippen LogP contribution in [0, 0.1) is 23.1 Å². The molecule has 1 aromatic heterocycles. The highest BCUT2D eigenvalue weighted by molar-refractivity contribution is 5.98. The van der Waals surface area contributed by atoms with Crippen molar-refractivity contribution in [2.75, 3.05) is 12.4 Å². The van der Waals surface area contributed by atoms with E-state index in [0.717, 1.165) is 11.6 Å². The molecule has 0 unspecified atom stereocenters. The normalized spacial score (nSPS) is 19.6. The van der Waals surface area contributed by atoms with Gasteiger partial charge in [0.2, 0.25) is 11.8 Å². The van der Waals surface area contributed by atoms with Crippen molar-refractivity contribution in [1.82, 2.24) is 9.88 Å². The largest absolute Gasteiger partial charge is 0.338 e. The highest BCUT2D eigenvalue weighted by atomic mass is 19.1. The van der Waals surface area contributed by atoms with Gasteiger partial charge in [0.1, 0.15) is 17.4 Å². The number of carbonyl (C=O) groups excluding carboxylic acids is 2. The van der Waals surface area contributed by atoms with Crippen LogP contribution in [0.2, 0.25) is 0 Å². The molecule has 2 aromatic rings. The van der Waals surface area contributed by atoms with Gasteiger partial charge < -0.3 is 10.2 Å². The number of hydrogen-bond acceptors (Lipinski definition) is 4. The first kappa shape index (κ1) is 16.6. The van der Waals surface area contributed by atoms with Gasteiger partial charge in [-0.1, -0.05) is 12.1 Å². The predicted molar refractivity (Wildman–Crippen MR) is 87.6 cm³/mol. The highest BCUT2D eigenvalue weighted by Gasteiger charge is 2.42. The molecule has 1 N–H and O–H groups in total. The van der Waals surface area contributed by atoms with Crippen LogP contribution in [0.1, 0.15) is 23.6 Å². The number of aromatic nitrogens is 1. The first-order chi connectivity index (χ1) is 12.0. The van der Waals surface area contributed by atoms with Crippen LogP contribution in [0.15, 0.2) is 42.7 Å². The number of halogens is 1. The van der Waals surface area contributed by atoms with Crippen molar-refractivity contribution >= 4 is 17.5 Å². The number of pyridine rings is 1. The fourth-order valence-electron chi connectivity index (χ4n) is 3.08. The summed E-state index contributed by atoms with van der Waals surface area (Å²) in [4.78, 5) is 30.4. The Morgan fingerprint density at radius 1 is 1.40 bits per heavy atom. The number of anilines is 1. The molecule has 7 heteroatoms. The van der Waals surface area contributed by atoms with E-state index in [-0.39, 0.29) is 23.6 Å². The summed E-state index contributed by atoms with van der Waals surface area (Å²) in [6.07, 6.45) is 3.27. The van der Waals surface area contributed by atoms with E-state index in [1.807, 2.05) is 0 Å². The van der Waals surface area contributed by atoms with Gasteiger partial charge in [-0.25, -0.2) is 4.39 Å². The molecule has 2 amide bonds. The Morgan fingerprint density at radius 3 is 2.88 bits per heavy atom. The van der Waals surface area contributed by atoms with Crippen LogP contribution < -0.4 is 5.32 Å². The Kier molecular flexibility index (Phi) is 4.44. The SMILES string of the molecule is CN1C(=O)C[C@H](C(=O)Nc2cccc(F)c2C#N)[C@@H]1c1cccnc1. The lowest BCUT2D eigenvalue weighted by molar-refractivity contribution is -0.127. The van der Waals surface area contributed by atoms with E-state index in [2.05, 4.69) is 10.3 Å². The topological polar surface area (TPSA) is 86.1 Å². The maximum absolute atomic E-state index is 13.7. The number of nitriles is 1. The molecule has 0 saturated carbocycles. The zero-order valence-electron chi connectivity index (χ0n) is 13.4. The second kappa shape index (κ2) is 6.69. The Morgan fingerprint density at radius 2 is 2.20 bits per heavy atom. The summed E-state index contributed by atoms with van der Waals surface area (Å²) in [7, 11) is 1.64. The van der Waals surface area contributed by atoms with E-state index < -0.39 is 23.7 Å². The molecule has 0 bridgehead atoms. The monoisotopic (exact) mass is 338 g/mol. The van der Waals surface area contributed by atoms with Gasteiger partial charge in [0, 0.05) is 25.9 Å². The third kappa shape index (κ3) is 3.06. The van der Waals surface area contributed by atoms with E-state index in [4.69, 9.17) is 5.26 Å². The molecule has 1 saturated heterocycles. The molecule has 1 aromatic carbocycles. The van der Waals surface area contributed by atoms with E-state index in [1.54, 1.807) is 37.6 Å². The summed E-state index contributed by atoms with van der Waals surface area (Å²) in [6.45, 7) is 0. The lowest BCUT2D eigenvalue weighted by Gasteiger charge is -2.24. The Bertz CT molecular complexity index is 863. The average Bonchev–Trinajstić information content (AvgIpc) is 2.91. The van der Waals surface area contributed by atoms with Crippen molar-refractivity contribution < 1.29 is 14.0 Å². The molecular formula is C18H15FN4O2. The fraction of sp³-hybridized carbons (Fsp3) is 0.222. The average molecular weight is 338 g/mol. The number of amides is 2. The number of nitrogens with one attached hydrogen (secondary N) is 1. The molecule has 1 aliphatic rings. The van der Waals surface area contributed by atoms with Crippen LogP contribution in [0.4, 0.5) is 10.1 Å². The van der Waals surface area contributed by atoms with Crippen molar-refractivity contribution in [2.24, 2.45) is 5.92 Å². The van der Waals surface area contributed by atoms with Crippen LogP contribution in [0.5, 0.6) is 0 Å². The third-order valence-corrected chi connectivity index (χ3v) is 4.33. The summed E-state index contributed by atoms with van der Waals surface area (Å²) >= 11 is 0. The van der Waals surface area contributed by atoms with Crippen molar-refractivity contribution in [3.63, 3.8) is 0 Å². The molecule has 2 heterocycles. The lowest BCUT2D eigenvalue weighted by Crippen LogP contribution is -2.30. The fourth-order valence-corrected chi connectivity index (χ4v) is 3.08. The van der Waals surface area contributed by atoms with Crippen molar-refractivity contribution in [2.45, 2.75) is 12.5 Å². The third-order valence-electron chi connectivity index (χ3n) is 4.33. The number of likely N-dealkylation sites (tertiary alicyclic amines) is 1. The second-order valence-electron chi connectivity index (χ2n) is 5.81. The predicted octanol–water partition coefficient (Wildman–Crippen LogP) is 2.25. The summed E-state index contributed by atoms with van der Waals surface area (Å²) in [5.74, 6) is -1.96. The van der Waals surface area contributed by atoms with Crippen LogP contribution >= 0.6 is 0 Å². The van der Waals surface area contributed by atoms with Gasteiger partial charge in [0.25, 0.3) is 0 Å². The first-order valence-corrected chi connectivity index (χ1v) is 7.68. The number of hydrogen-bond donors (Lipinski definition) is 1. The number of carbonyl (C=O) groups is 2. The Balaban J connectivity index is 1.90. The second-order valence-corrected chi connectivity index (χ2v) is 5.81. The lowest BCUT2D eigenvalue weighted by atomic mass is 9.93. The molecule has 0 aliphatic carbocycles. The van der Waals surface area contributed by atoms with E-state index in [9.17, 15) is 14.0 Å². The van der Waals surface area contributed by atoms with Crippen LogP contribution in [-0.2, 0) is 9.59 Å². The molecule has 6 nitrogen and oxygen atoms in total. The molecule has 126 valence electrons. The van der Waals surface area contributed by atoms with Crippen molar-refractivity contribution in [1.29, 1.82) is 5.26 Å². The zero-order valence-corrected chi connectivity index (χ0v) is 13.4. The molecule has 0 radical (unpaired) electrons. The minimum Gasteiger partial charge on any atom is -0.338 e. The molecule has 3 rings (SSSR count). The molecule has 0 spiro atoms. The van der Waals surface area contributed by atoms with Gasteiger partial charge in [-0.15, -0.1) is 0 Å². The van der Waals surface area contributed by atoms with E-state index in [1.165, 1.54) is 17.0 Å². The zero-order chi connectivity index (χ0) is 18.0. The maximum Gasteiger partial charge on any atom is 0.230 e. The summed E-state index contributed by atoms with van der Waals surface area (Å²) in [6, 6.07) is 8.85. The highest BCUT2D eigenvalue weighted by Crippen LogP contribution is 2.37. The number of benzene rings is 1. The summed E-state index contributed by atoms with van der Waals surface area (Å²) in [5.41, 5.74) is 0.613. The Hall–Kier alpha value is -3.27. The minimum absolute atomic E-state index is 0.0408. The van der Waals surface area contributed by atoms with E-state index in [0.29, 0.717) is 0 Å². The molecule has 1 aliphatic heterocycles. The number of nitrogens with zero attached hydrogens (tertiary/aromatic N) is 3. The molecule has 2 atom stereocenters. The van der Waals surface area contributed by atoms with Crippen LogP contribution in [0.25, 0.3) is 0 Å². The van der Waals surface area contributed by atoms with Gasteiger partial charge >= 0.3 is 0 Å². The van der Waals surface area contributed by atoms with Crippen molar-refractivity contribution in [3.05, 3.63) is 59.7 Å². The van der Waals surface area contributed by atoms with Crippen LogP contribution in [0.3, 0.4) is 0 Å². The van der Waals surface area contributed by atoms with E-state index >= 15 is 0 Å². The Labute approximate surface area is 143 Å². The van der Waals surface area contributed by atoms with Crippen molar-refractivity contribution in [3.8, 4) is 6.07 Å². The van der Waals surface area contributed by atoms with Gasteiger partial charge in [0.15, 0.2) is 0 Å². The standard InChI is InChI=1S/C18H15FN4O2/c1-23-16(24)8-12(17(23)11-4-3-7-21-10-11)18(25)22-15-6-2-5-14(19)13(15)9-20/h2-7,10,12,17H,8H2,1H3,(H,22,25)/t12-,17-/m0/s1.